The van der Waals surface area contributed by atoms with Gasteiger partial charge in [-0.25, -0.2) is 4.79 Å². The summed E-state index contributed by atoms with van der Waals surface area (Å²) in [6.07, 6.45) is -1.21. The third kappa shape index (κ3) is 8.19. The van der Waals surface area contributed by atoms with Crippen LogP contribution in [0.2, 0.25) is 0 Å². The molecule has 6 heteroatoms. The maximum Gasteiger partial charge on any atom is 0.332 e. The van der Waals surface area contributed by atoms with E-state index < -0.39 is 24.1 Å². The van der Waals surface area contributed by atoms with Crippen molar-refractivity contribution in [3.63, 3.8) is 0 Å². The Hall–Kier alpha value is -1.14. The van der Waals surface area contributed by atoms with Crippen LogP contribution in [0.3, 0.4) is 0 Å². The van der Waals surface area contributed by atoms with Gasteiger partial charge >= 0.3 is 11.9 Å². The molecule has 5 N–H and O–H groups in total. The summed E-state index contributed by atoms with van der Waals surface area (Å²) in [4.78, 5) is 19.9. The molecule has 2 unspecified atom stereocenters. The van der Waals surface area contributed by atoms with E-state index in [0.29, 0.717) is 0 Å². The van der Waals surface area contributed by atoms with Crippen LogP contribution in [-0.2, 0) is 9.59 Å². The molecule has 0 aromatic heterocycles. The summed E-state index contributed by atoms with van der Waals surface area (Å²) in [5.41, 5.74) is 5.16. The Morgan fingerprint density at radius 2 is 1.31 bits per heavy atom. The summed E-state index contributed by atoms with van der Waals surface area (Å²) in [6, 6.07) is -0.713. The lowest BCUT2D eigenvalue weighted by atomic mass is 10.1. The lowest BCUT2D eigenvalue weighted by Crippen LogP contribution is -2.34. The average molecular weight is 235 g/mol. The zero-order chi connectivity index (χ0) is 13.5. The number of carboxylic acid groups (broad SMARTS) is 2. The van der Waals surface area contributed by atoms with Crippen molar-refractivity contribution in [3.8, 4) is 0 Å². The van der Waals surface area contributed by atoms with Crippen LogP contribution < -0.4 is 5.73 Å². The van der Waals surface area contributed by atoms with Crippen molar-refractivity contribution in [2.45, 2.75) is 39.8 Å². The first kappa shape index (κ1) is 17.3. The molecule has 0 fully saturated rings. The molecule has 0 radical (unpaired) electrons. The number of aliphatic hydroxyl groups is 1. The van der Waals surface area contributed by atoms with Gasteiger partial charge in [0.15, 0.2) is 6.10 Å². The highest BCUT2D eigenvalue weighted by molar-refractivity contribution is 5.73. The molecule has 0 rings (SSSR count). The highest BCUT2D eigenvalue weighted by atomic mass is 16.4. The number of hydrogen-bond acceptors (Lipinski definition) is 4. The van der Waals surface area contributed by atoms with E-state index in [1.54, 1.807) is 27.7 Å². The molecule has 16 heavy (non-hydrogen) atoms. The number of aliphatic hydroxyl groups excluding tert-OH is 1. The van der Waals surface area contributed by atoms with E-state index in [4.69, 9.17) is 21.1 Å². The average Bonchev–Trinajstić information content (AvgIpc) is 2.15. The third-order valence-electron chi connectivity index (χ3n) is 1.89. The molecule has 2 atom stereocenters. The van der Waals surface area contributed by atoms with Gasteiger partial charge < -0.3 is 21.1 Å². The van der Waals surface area contributed by atoms with Crippen LogP contribution in [0, 0.1) is 11.8 Å². The van der Waals surface area contributed by atoms with E-state index in [2.05, 4.69) is 0 Å². The van der Waals surface area contributed by atoms with Gasteiger partial charge in [0.2, 0.25) is 0 Å². The van der Waals surface area contributed by atoms with Gasteiger partial charge in [0.05, 0.1) is 0 Å². The minimum atomic E-state index is -1.21. The van der Waals surface area contributed by atoms with Crippen molar-refractivity contribution >= 4 is 11.9 Å². The number of carboxylic acids is 2. The minimum Gasteiger partial charge on any atom is -0.480 e. The van der Waals surface area contributed by atoms with Crippen molar-refractivity contribution in [1.82, 2.24) is 0 Å². The van der Waals surface area contributed by atoms with Crippen LogP contribution in [0.5, 0.6) is 0 Å². The zero-order valence-corrected chi connectivity index (χ0v) is 10.0. The van der Waals surface area contributed by atoms with E-state index in [0.717, 1.165) is 0 Å². The highest BCUT2D eigenvalue weighted by Crippen LogP contribution is 1.99. The summed E-state index contributed by atoms with van der Waals surface area (Å²) in [5, 5.41) is 24.9. The van der Waals surface area contributed by atoms with Crippen molar-refractivity contribution in [2.24, 2.45) is 17.6 Å². The standard InChI is InChI=1S/C5H11NO2.C5H10O3/c2*1-3(2)4(6)5(7)8/h3-4H,6H2,1-2H3,(H,7,8);3-4,6H,1-2H3,(H,7,8). The van der Waals surface area contributed by atoms with Crippen molar-refractivity contribution in [1.29, 1.82) is 0 Å². The molecule has 0 saturated heterocycles. The fraction of sp³-hybridized carbons (Fsp3) is 0.800. The van der Waals surface area contributed by atoms with Gasteiger partial charge in [-0.1, -0.05) is 27.7 Å². The molecule has 0 bridgehead atoms. The SMILES string of the molecule is CC(C)C(N)C(=O)O.CC(C)C(O)C(=O)O. The van der Waals surface area contributed by atoms with Crippen LogP contribution in [0.1, 0.15) is 27.7 Å². The summed E-state index contributed by atoms with van der Waals surface area (Å²) >= 11 is 0. The molecular weight excluding hydrogens is 214 g/mol. The molecule has 0 amide bonds. The first-order valence-electron chi connectivity index (χ1n) is 5.00. The molecule has 0 aromatic rings. The van der Waals surface area contributed by atoms with Crippen molar-refractivity contribution < 1.29 is 24.9 Å². The quantitative estimate of drug-likeness (QED) is 0.550. The van der Waals surface area contributed by atoms with Gasteiger partial charge in [-0.3, -0.25) is 4.79 Å². The van der Waals surface area contributed by atoms with E-state index >= 15 is 0 Å². The van der Waals surface area contributed by atoms with E-state index in [1.165, 1.54) is 0 Å². The Labute approximate surface area is 95.1 Å². The number of hydrogen-bond donors (Lipinski definition) is 4. The Kier molecular flexibility index (Phi) is 8.70. The summed E-state index contributed by atoms with van der Waals surface area (Å²) < 4.78 is 0. The van der Waals surface area contributed by atoms with Gasteiger partial charge in [0.25, 0.3) is 0 Å². The predicted molar refractivity (Wildman–Crippen MR) is 58.9 cm³/mol. The maximum absolute atomic E-state index is 10.0. The van der Waals surface area contributed by atoms with Gasteiger partial charge in [0, 0.05) is 0 Å². The first-order valence-corrected chi connectivity index (χ1v) is 5.00. The summed E-state index contributed by atoms with van der Waals surface area (Å²) in [6.45, 7) is 6.86. The molecular formula is C10H21NO5. The minimum absolute atomic E-state index is 0.0208. The molecule has 0 aliphatic rings. The van der Waals surface area contributed by atoms with Crippen LogP contribution in [0.25, 0.3) is 0 Å². The van der Waals surface area contributed by atoms with Crippen molar-refractivity contribution in [3.05, 3.63) is 0 Å². The van der Waals surface area contributed by atoms with Gasteiger partial charge in [-0.15, -0.1) is 0 Å². The maximum atomic E-state index is 10.0. The Balaban J connectivity index is 0. The lowest BCUT2D eigenvalue weighted by Gasteiger charge is -2.07. The summed E-state index contributed by atoms with van der Waals surface area (Å²) in [5.74, 6) is -2.26. The molecule has 0 heterocycles. The Morgan fingerprint density at radius 3 is 1.31 bits per heavy atom. The second kappa shape index (κ2) is 8.06. The molecule has 6 nitrogen and oxygen atoms in total. The van der Waals surface area contributed by atoms with Gasteiger partial charge in [-0.2, -0.15) is 0 Å². The fourth-order valence-electron chi connectivity index (χ4n) is 0.570. The Bertz CT molecular complexity index is 203. The van der Waals surface area contributed by atoms with E-state index in [9.17, 15) is 9.59 Å². The predicted octanol–water partition coefficient (Wildman–Crippen LogP) is 0.142. The largest absolute Gasteiger partial charge is 0.480 e. The summed E-state index contributed by atoms with van der Waals surface area (Å²) in [7, 11) is 0. The lowest BCUT2D eigenvalue weighted by molar-refractivity contribution is -0.148. The molecule has 0 aliphatic carbocycles. The third-order valence-corrected chi connectivity index (χ3v) is 1.89. The second-order valence-electron chi connectivity index (χ2n) is 4.14. The fourth-order valence-corrected chi connectivity index (χ4v) is 0.570. The number of nitrogens with two attached hydrogens (primary N) is 1. The number of aliphatic carboxylic acids is 2. The Morgan fingerprint density at radius 1 is 0.938 bits per heavy atom. The highest BCUT2D eigenvalue weighted by Gasteiger charge is 2.16. The molecule has 96 valence electrons. The normalized spacial score (nSPS) is 14.0. The molecule has 0 saturated carbocycles. The van der Waals surface area contributed by atoms with E-state index in [1.807, 2.05) is 0 Å². The topological polar surface area (TPSA) is 121 Å². The van der Waals surface area contributed by atoms with Gasteiger partial charge in [-0.05, 0) is 11.8 Å². The van der Waals surface area contributed by atoms with Gasteiger partial charge in [0.1, 0.15) is 6.04 Å². The smallest absolute Gasteiger partial charge is 0.332 e. The zero-order valence-electron chi connectivity index (χ0n) is 10.0. The van der Waals surface area contributed by atoms with Crippen LogP contribution in [-0.4, -0.2) is 39.4 Å². The first-order chi connectivity index (χ1) is 7.11. The van der Waals surface area contributed by atoms with Crippen LogP contribution in [0.15, 0.2) is 0 Å². The van der Waals surface area contributed by atoms with Crippen LogP contribution >= 0.6 is 0 Å². The molecule has 0 aromatic carbocycles. The van der Waals surface area contributed by atoms with E-state index in [-0.39, 0.29) is 11.8 Å². The van der Waals surface area contributed by atoms with Crippen molar-refractivity contribution in [2.75, 3.05) is 0 Å². The molecule has 0 spiro atoms. The number of rotatable bonds is 4. The molecule has 0 aliphatic heterocycles. The number of carbonyl (C=O) groups is 2. The monoisotopic (exact) mass is 235 g/mol. The van der Waals surface area contributed by atoms with Crippen LogP contribution in [0.4, 0.5) is 0 Å². The second-order valence-corrected chi connectivity index (χ2v) is 4.14.